The molecule has 3 amide bonds. The summed E-state index contributed by atoms with van der Waals surface area (Å²) in [6.07, 6.45) is 0. The van der Waals surface area contributed by atoms with Gasteiger partial charge in [-0.2, -0.15) is 0 Å². The zero-order valence-corrected chi connectivity index (χ0v) is 13.1. The molecule has 9 heteroatoms. The van der Waals surface area contributed by atoms with Crippen molar-refractivity contribution in [1.82, 2.24) is 15.8 Å². The van der Waals surface area contributed by atoms with E-state index in [1.165, 1.54) is 16.7 Å². The number of carbonyl (C=O) groups is 3. The highest BCUT2D eigenvalue weighted by Crippen LogP contribution is 2.22. The van der Waals surface area contributed by atoms with Gasteiger partial charge in [0, 0.05) is 12.3 Å². The Morgan fingerprint density at radius 3 is 2.68 bits per heavy atom. The van der Waals surface area contributed by atoms with Gasteiger partial charge in [0.15, 0.2) is 6.61 Å². The minimum absolute atomic E-state index is 0.0858. The number of ether oxygens (including phenoxy) is 1. The Balaban J connectivity index is 1.68. The second-order valence-corrected chi connectivity index (χ2v) is 5.80. The lowest BCUT2D eigenvalue weighted by atomic mass is 10.3. The average Bonchev–Trinajstić information content (AvgIpc) is 2.89. The Hall–Kier alpha value is -1.93. The zero-order valence-electron chi connectivity index (χ0n) is 11.5. The average molecular weight is 344 g/mol. The van der Waals surface area contributed by atoms with Crippen LogP contribution in [0.1, 0.15) is 0 Å². The largest absolute Gasteiger partial charge is 0.482 e. The molecule has 1 fully saturated rings. The topological polar surface area (TPSA) is 87.7 Å². The number of nitrogens with zero attached hydrogens (tertiary/aromatic N) is 1. The van der Waals surface area contributed by atoms with E-state index in [1.807, 2.05) is 0 Å². The molecule has 1 aromatic carbocycles. The van der Waals surface area contributed by atoms with Gasteiger partial charge in [0.25, 0.3) is 17.1 Å². The number of hydrazine groups is 1. The molecule has 2 N–H and O–H groups in total. The molecule has 0 radical (unpaired) electrons. The van der Waals surface area contributed by atoms with Crippen molar-refractivity contribution in [3.05, 3.63) is 29.3 Å². The van der Waals surface area contributed by atoms with Gasteiger partial charge in [-0.15, -0.1) is 0 Å². The van der Waals surface area contributed by atoms with Crippen molar-refractivity contribution in [1.29, 1.82) is 0 Å². The summed E-state index contributed by atoms with van der Waals surface area (Å²) in [6.45, 7) is 0.153. The molecule has 0 atom stereocenters. The molecule has 7 nitrogen and oxygen atoms in total. The summed E-state index contributed by atoms with van der Waals surface area (Å²) in [5, 5.41) is 0.257. The highest BCUT2D eigenvalue weighted by atomic mass is 35.5. The first-order valence-electron chi connectivity index (χ1n) is 6.43. The number of hydrogen-bond donors (Lipinski definition) is 2. The third kappa shape index (κ3) is 4.81. The molecule has 1 aliphatic heterocycles. The van der Waals surface area contributed by atoms with Crippen LogP contribution in [0.25, 0.3) is 0 Å². The van der Waals surface area contributed by atoms with Gasteiger partial charge in [-0.05, 0) is 12.1 Å². The predicted octanol–water partition coefficient (Wildman–Crippen LogP) is 1.03. The van der Waals surface area contributed by atoms with Gasteiger partial charge in [-0.1, -0.05) is 35.5 Å². The van der Waals surface area contributed by atoms with Crippen LogP contribution >= 0.6 is 23.4 Å². The van der Waals surface area contributed by atoms with Crippen LogP contribution in [-0.4, -0.2) is 47.4 Å². The van der Waals surface area contributed by atoms with Gasteiger partial charge in [0.05, 0.1) is 5.02 Å². The number of rotatable bonds is 5. The number of halogens is 1. The molecular formula is C13H14ClN3O4S. The number of thioether (sulfide) groups is 1. The molecule has 1 heterocycles. The summed E-state index contributed by atoms with van der Waals surface area (Å²) in [5.74, 6) is 0.0483. The van der Waals surface area contributed by atoms with Crippen molar-refractivity contribution in [3.63, 3.8) is 0 Å². The number of carbonyl (C=O) groups excluding carboxylic acids is 3. The van der Waals surface area contributed by atoms with Crippen LogP contribution in [0.3, 0.4) is 0 Å². The molecule has 118 valence electrons. The maximum atomic E-state index is 11.6. The summed E-state index contributed by atoms with van der Waals surface area (Å²) < 4.78 is 5.22. The van der Waals surface area contributed by atoms with Crippen molar-refractivity contribution < 1.29 is 19.1 Å². The van der Waals surface area contributed by atoms with Gasteiger partial charge in [-0.3, -0.25) is 25.2 Å². The maximum Gasteiger partial charge on any atom is 0.282 e. The summed E-state index contributed by atoms with van der Waals surface area (Å²) in [7, 11) is 0. The highest BCUT2D eigenvalue weighted by molar-refractivity contribution is 8.13. The number of para-hydroxylation sites is 1. The Bertz CT molecular complexity index is 584. The fraction of sp³-hybridized carbons (Fsp3) is 0.308. The quantitative estimate of drug-likeness (QED) is 0.780. The standard InChI is InChI=1S/C13H14ClN3O4S/c14-9-3-1-2-4-10(9)21-8-12(19)16-15-11(18)7-17-5-6-22-13(17)20/h1-4H,5-8H2,(H,15,18)(H,16,19). The van der Waals surface area contributed by atoms with Gasteiger partial charge in [-0.25, -0.2) is 0 Å². The van der Waals surface area contributed by atoms with Crippen LogP contribution in [0.15, 0.2) is 24.3 Å². The van der Waals surface area contributed by atoms with E-state index in [9.17, 15) is 14.4 Å². The lowest BCUT2D eigenvalue weighted by molar-refractivity contribution is -0.130. The number of benzene rings is 1. The van der Waals surface area contributed by atoms with Crippen molar-refractivity contribution in [2.75, 3.05) is 25.4 Å². The Morgan fingerprint density at radius 1 is 1.27 bits per heavy atom. The number of hydrogen-bond acceptors (Lipinski definition) is 5. The summed E-state index contributed by atoms with van der Waals surface area (Å²) in [6, 6.07) is 6.74. The van der Waals surface area contributed by atoms with Gasteiger partial charge in [0.2, 0.25) is 0 Å². The first-order chi connectivity index (χ1) is 10.6. The van der Waals surface area contributed by atoms with Crippen molar-refractivity contribution in [3.8, 4) is 5.75 Å². The van der Waals surface area contributed by atoms with Crippen LogP contribution < -0.4 is 15.6 Å². The van der Waals surface area contributed by atoms with E-state index in [2.05, 4.69) is 10.9 Å². The number of nitrogens with one attached hydrogen (secondary N) is 2. The molecule has 0 bridgehead atoms. The predicted molar refractivity (Wildman–Crippen MR) is 82.7 cm³/mol. The molecule has 1 aromatic rings. The Kier molecular flexibility index (Phi) is 5.91. The molecule has 22 heavy (non-hydrogen) atoms. The molecule has 0 unspecified atom stereocenters. The van der Waals surface area contributed by atoms with Crippen LogP contribution in [0.2, 0.25) is 5.02 Å². The minimum Gasteiger partial charge on any atom is -0.482 e. The summed E-state index contributed by atoms with van der Waals surface area (Å²) in [4.78, 5) is 35.9. The van der Waals surface area contributed by atoms with Gasteiger partial charge in [0.1, 0.15) is 12.3 Å². The molecule has 0 spiro atoms. The first-order valence-corrected chi connectivity index (χ1v) is 7.79. The minimum atomic E-state index is -0.532. The van der Waals surface area contributed by atoms with Gasteiger partial charge >= 0.3 is 0 Å². The molecular weight excluding hydrogens is 330 g/mol. The smallest absolute Gasteiger partial charge is 0.282 e. The van der Waals surface area contributed by atoms with Crippen LogP contribution in [0.5, 0.6) is 5.75 Å². The lowest BCUT2D eigenvalue weighted by Gasteiger charge is -2.14. The first kappa shape index (κ1) is 16.4. The third-order valence-corrected chi connectivity index (χ3v) is 3.92. The van der Waals surface area contributed by atoms with E-state index in [1.54, 1.807) is 24.3 Å². The Labute approximate surface area is 136 Å². The summed E-state index contributed by atoms with van der Waals surface area (Å²) in [5.41, 5.74) is 4.44. The second kappa shape index (κ2) is 7.90. The monoisotopic (exact) mass is 343 g/mol. The van der Waals surface area contributed by atoms with Gasteiger partial charge < -0.3 is 9.64 Å². The summed E-state index contributed by atoms with van der Waals surface area (Å²) >= 11 is 7.04. The normalized spacial score (nSPS) is 13.9. The van der Waals surface area contributed by atoms with E-state index in [0.29, 0.717) is 23.1 Å². The van der Waals surface area contributed by atoms with Crippen LogP contribution in [-0.2, 0) is 9.59 Å². The molecule has 1 aliphatic rings. The molecule has 0 aromatic heterocycles. The molecule has 1 saturated heterocycles. The Morgan fingerprint density at radius 2 is 2.00 bits per heavy atom. The molecule has 2 rings (SSSR count). The lowest BCUT2D eigenvalue weighted by Crippen LogP contribution is -2.47. The van der Waals surface area contributed by atoms with Crippen molar-refractivity contribution >= 4 is 40.4 Å². The maximum absolute atomic E-state index is 11.6. The van der Waals surface area contributed by atoms with Crippen molar-refractivity contribution in [2.24, 2.45) is 0 Å². The SMILES string of the molecule is O=C(COc1ccccc1Cl)NNC(=O)CN1CCSC1=O. The number of amides is 3. The van der Waals surface area contributed by atoms with E-state index < -0.39 is 11.8 Å². The molecule has 0 saturated carbocycles. The zero-order chi connectivity index (χ0) is 15.9. The van der Waals surface area contributed by atoms with Crippen LogP contribution in [0.4, 0.5) is 4.79 Å². The highest BCUT2D eigenvalue weighted by Gasteiger charge is 2.23. The van der Waals surface area contributed by atoms with Crippen molar-refractivity contribution in [2.45, 2.75) is 0 Å². The second-order valence-electron chi connectivity index (χ2n) is 4.35. The van der Waals surface area contributed by atoms with E-state index in [0.717, 1.165) is 0 Å². The fourth-order valence-corrected chi connectivity index (χ4v) is 2.68. The van der Waals surface area contributed by atoms with E-state index >= 15 is 0 Å². The third-order valence-electron chi connectivity index (χ3n) is 2.72. The molecule has 0 aliphatic carbocycles. The fourth-order valence-electron chi connectivity index (χ4n) is 1.66. The van der Waals surface area contributed by atoms with E-state index in [4.69, 9.17) is 16.3 Å². The van der Waals surface area contributed by atoms with Crippen LogP contribution in [0, 0.1) is 0 Å². The van der Waals surface area contributed by atoms with E-state index in [-0.39, 0.29) is 18.4 Å².